The molecule has 1 heterocycles. The number of hydrogen-bond donors (Lipinski definition) is 4. The lowest BCUT2D eigenvalue weighted by Gasteiger charge is -2.11. The van der Waals surface area contributed by atoms with E-state index >= 15 is 0 Å². The van der Waals surface area contributed by atoms with Gasteiger partial charge in [0.1, 0.15) is 6.54 Å². The molecule has 0 bridgehead atoms. The third-order valence-corrected chi connectivity index (χ3v) is 3.49. The van der Waals surface area contributed by atoms with Crippen molar-refractivity contribution in [2.24, 2.45) is 0 Å². The molecule has 0 fully saturated rings. The van der Waals surface area contributed by atoms with Gasteiger partial charge in [-0.05, 0) is 6.08 Å². The van der Waals surface area contributed by atoms with Crippen molar-refractivity contribution in [3.8, 4) is 0 Å². The Morgan fingerprint density at radius 2 is 1.89 bits per heavy atom. The van der Waals surface area contributed by atoms with Gasteiger partial charge >= 0.3 is 12.0 Å². The van der Waals surface area contributed by atoms with Gasteiger partial charge in [0.15, 0.2) is 9.84 Å². The summed E-state index contributed by atoms with van der Waals surface area (Å²) in [6.45, 7) is -0.936. The summed E-state index contributed by atoms with van der Waals surface area (Å²) in [6, 6.07) is -1.34. The summed E-state index contributed by atoms with van der Waals surface area (Å²) in [4.78, 5) is 32.5. The second kappa shape index (κ2) is 6.18. The topological polar surface area (TPSA) is 142 Å². The maximum Gasteiger partial charge on any atom is 0.322 e. The Hall–Kier alpha value is -2.10. The number of urea groups is 1. The molecule has 0 aromatic heterocycles. The lowest BCUT2D eigenvalue weighted by atomic mass is 10.3. The number of carbonyl (C=O) groups excluding carboxylic acids is 2. The van der Waals surface area contributed by atoms with Gasteiger partial charge in [-0.2, -0.15) is 0 Å². The fraction of sp³-hybridized carbons (Fsp3) is 0.444. The predicted octanol–water partition coefficient (Wildman–Crippen LogP) is -2.20. The summed E-state index contributed by atoms with van der Waals surface area (Å²) >= 11 is 0. The molecule has 1 atom stereocenters. The van der Waals surface area contributed by atoms with Gasteiger partial charge in [-0.15, -0.1) is 0 Å². The molecular weight excluding hydrogens is 278 g/mol. The van der Waals surface area contributed by atoms with E-state index in [1.165, 1.54) is 6.08 Å². The number of carboxylic acids is 1. The van der Waals surface area contributed by atoms with Crippen LogP contribution < -0.4 is 16.0 Å². The van der Waals surface area contributed by atoms with Gasteiger partial charge in [0.2, 0.25) is 5.91 Å². The van der Waals surface area contributed by atoms with Gasteiger partial charge in [-0.3, -0.25) is 9.59 Å². The van der Waals surface area contributed by atoms with E-state index in [1.54, 1.807) is 0 Å². The predicted molar refractivity (Wildman–Crippen MR) is 63.9 cm³/mol. The number of sulfone groups is 1. The minimum atomic E-state index is -3.26. The Labute approximate surface area is 109 Å². The molecule has 0 aliphatic carbocycles. The average Bonchev–Trinajstić information content (AvgIpc) is 2.63. The van der Waals surface area contributed by atoms with Crippen molar-refractivity contribution in [2.75, 3.05) is 18.8 Å². The molecule has 1 aliphatic rings. The van der Waals surface area contributed by atoms with E-state index in [9.17, 15) is 22.8 Å². The molecule has 1 aliphatic heterocycles. The first kappa shape index (κ1) is 15.0. The number of carbonyl (C=O) groups is 3. The second-order valence-electron chi connectivity index (χ2n) is 3.76. The highest BCUT2D eigenvalue weighted by molar-refractivity contribution is 7.94. The molecule has 106 valence electrons. The summed E-state index contributed by atoms with van der Waals surface area (Å²) in [6.07, 6.45) is 1.33. The molecule has 1 unspecified atom stereocenters. The number of aliphatic carboxylic acids is 1. The van der Waals surface area contributed by atoms with Crippen LogP contribution in [0.4, 0.5) is 4.79 Å². The molecule has 1 rings (SSSR count). The summed E-state index contributed by atoms with van der Waals surface area (Å²) in [5.41, 5.74) is 0. The van der Waals surface area contributed by atoms with Crippen LogP contribution in [0.1, 0.15) is 0 Å². The van der Waals surface area contributed by atoms with Crippen molar-refractivity contribution in [3.63, 3.8) is 0 Å². The number of nitrogens with one attached hydrogen (secondary N) is 3. The lowest BCUT2D eigenvalue weighted by molar-refractivity contribution is -0.137. The second-order valence-corrected chi connectivity index (χ2v) is 5.69. The molecule has 0 saturated carbocycles. The standard InChI is InChI=1S/C9H13N3O6S/c13-7(10-4-8(14)15)3-11-9(16)12-6-1-2-19(17,18)5-6/h1-2,6H,3-5H2,(H,10,13)(H,14,15)(H2,11,12,16). The smallest absolute Gasteiger partial charge is 0.322 e. The highest BCUT2D eigenvalue weighted by Gasteiger charge is 2.22. The van der Waals surface area contributed by atoms with E-state index in [4.69, 9.17) is 5.11 Å². The van der Waals surface area contributed by atoms with Gasteiger partial charge < -0.3 is 21.1 Å². The van der Waals surface area contributed by atoms with E-state index in [0.29, 0.717) is 0 Å². The van der Waals surface area contributed by atoms with Crippen molar-refractivity contribution in [3.05, 3.63) is 11.5 Å². The molecule has 0 radical (unpaired) electrons. The maximum absolute atomic E-state index is 11.3. The molecule has 10 heteroatoms. The Morgan fingerprint density at radius 1 is 1.21 bits per heavy atom. The van der Waals surface area contributed by atoms with E-state index in [2.05, 4.69) is 16.0 Å². The summed E-state index contributed by atoms with van der Waals surface area (Å²) in [5.74, 6) is -2.07. The Morgan fingerprint density at radius 3 is 2.42 bits per heavy atom. The van der Waals surface area contributed by atoms with E-state index in [-0.39, 0.29) is 5.75 Å². The first-order chi connectivity index (χ1) is 8.78. The number of hydrogen-bond acceptors (Lipinski definition) is 5. The number of amides is 3. The maximum atomic E-state index is 11.3. The van der Waals surface area contributed by atoms with Crippen LogP contribution in [-0.2, 0) is 19.4 Å². The van der Waals surface area contributed by atoms with Crippen LogP contribution in [-0.4, -0.2) is 56.3 Å². The number of rotatable bonds is 5. The van der Waals surface area contributed by atoms with Crippen molar-refractivity contribution in [2.45, 2.75) is 6.04 Å². The highest BCUT2D eigenvalue weighted by atomic mass is 32.2. The van der Waals surface area contributed by atoms with Crippen LogP contribution in [0, 0.1) is 0 Å². The fourth-order valence-corrected chi connectivity index (χ4v) is 2.52. The summed E-state index contributed by atoms with van der Waals surface area (Å²) in [5, 5.41) is 15.9. The third-order valence-electron chi connectivity index (χ3n) is 2.09. The summed E-state index contributed by atoms with van der Waals surface area (Å²) < 4.78 is 22.1. The Kier molecular flexibility index (Phi) is 4.87. The molecular formula is C9H13N3O6S. The molecule has 0 aromatic carbocycles. The van der Waals surface area contributed by atoms with Crippen molar-refractivity contribution in [1.82, 2.24) is 16.0 Å². The van der Waals surface area contributed by atoms with Gasteiger partial charge in [-0.25, -0.2) is 13.2 Å². The molecule has 3 amide bonds. The largest absolute Gasteiger partial charge is 0.480 e. The molecule has 9 nitrogen and oxygen atoms in total. The van der Waals surface area contributed by atoms with Crippen molar-refractivity contribution in [1.29, 1.82) is 0 Å². The van der Waals surface area contributed by atoms with E-state index < -0.39 is 46.9 Å². The molecule has 0 aromatic rings. The summed E-state index contributed by atoms with van der Waals surface area (Å²) in [7, 11) is -3.26. The molecule has 4 N–H and O–H groups in total. The normalized spacial score (nSPS) is 19.7. The zero-order valence-corrected chi connectivity index (χ0v) is 10.6. The van der Waals surface area contributed by atoms with E-state index in [1.807, 2.05) is 0 Å². The lowest BCUT2D eigenvalue weighted by Crippen LogP contribution is -2.46. The number of carboxylic acid groups (broad SMARTS) is 1. The van der Waals surface area contributed by atoms with Crippen LogP contribution in [0.5, 0.6) is 0 Å². The molecule has 0 spiro atoms. The fourth-order valence-electron chi connectivity index (χ4n) is 1.28. The minimum absolute atomic E-state index is 0.217. The SMILES string of the molecule is O=C(O)CNC(=O)CNC(=O)NC1C=CS(=O)(=O)C1. The van der Waals surface area contributed by atoms with Crippen molar-refractivity contribution < 1.29 is 27.9 Å². The van der Waals surface area contributed by atoms with Gasteiger partial charge in [-0.1, -0.05) is 0 Å². The average molecular weight is 291 g/mol. The molecule has 0 saturated heterocycles. The van der Waals surface area contributed by atoms with Crippen LogP contribution >= 0.6 is 0 Å². The van der Waals surface area contributed by atoms with Crippen LogP contribution in [0.2, 0.25) is 0 Å². The van der Waals surface area contributed by atoms with E-state index in [0.717, 1.165) is 5.41 Å². The van der Waals surface area contributed by atoms with Crippen molar-refractivity contribution >= 4 is 27.7 Å². The van der Waals surface area contributed by atoms with Gasteiger partial charge in [0.25, 0.3) is 0 Å². The highest BCUT2D eigenvalue weighted by Crippen LogP contribution is 2.07. The van der Waals surface area contributed by atoms with Gasteiger partial charge in [0, 0.05) is 5.41 Å². The van der Waals surface area contributed by atoms with Crippen LogP contribution in [0.15, 0.2) is 11.5 Å². The first-order valence-corrected chi connectivity index (χ1v) is 6.94. The minimum Gasteiger partial charge on any atom is -0.480 e. The Balaban J connectivity index is 2.24. The van der Waals surface area contributed by atoms with Gasteiger partial charge in [0.05, 0.1) is 18.3 Å². The zero-order valence-electron chi connectivity index (χ0n) is 9.75. The van der Waals surface area contributed by atoms with Crippen LogP contribution in [0.3, 0.4) is 0 Å². The quantitative estimate of drug-likeness (QED) is 0.453. The zero-order chi connectivity index (χ0) is 14.5. The monoisotopic (exact) mass is 291 g/mol. The first-order valence-electron chi connectivity index (χ1n) is 5.22. The third kappa shape index (κ3) is 5.86. The molecule has 19 heavy (non-hydrogen) atoms. The Bertz CT molecular complexity index is 512. The van der Waals surface area contributed by atoms with Crippen LogP contribution in [0.25, 0.3) is 0 Å².